The van der Waals surface area contributed by atoms with Gasteiger partial charge in [-0.2, -0.15) is 0 Å². The van der Waals surface area contributed by atoms with Gasteiger partial charge in [0.05, 0.1) is 11.1 Å². The average molecular weight is 910 g/mol. The normalized spacial score (nSPS) is 27.4. The summed E-state index contributed by atoms with van der Waals surface area (Å²) in [6.07, 6.45) is 16.5. The van der Waals surface area contributed by atoms with E-state index in [1.54, 1.807) is 5.56 Å². The third-order valence-electron chi connectivity index (χ3n) is 18.8. The topological polar surface area (TPSA) is 65.0 Å². The summed E-state index contributed by atoms with van der Waals surface area (Å²) in [5.41, 5.74) is 14.2. The Bertz CT molecular complexity index is 3680. The molecule has 0 N–H and O–H groups in total. The van der Waals surface area contributed by atoms with Gasteiger partial charge in [0.1, 0.15) is 22.3 Å². The molecule has 0 atom stereocenters. The van der Waals surface area contributed by atoms with Gasteiger partial charge in [-0.25, -0.2) is 15.0 Å². The molecule has 7 aromatic carbocycles. The number of nitrogens with zero attached hydrogens (tertiary/aromatic N) is 3. The van der Waals surface area contributed by atoms with Crippen LogP contribution in [0.4, 0.5) is 0 Å². The summed E-state index contributed by atoms with van der Waals surface area (Å²) < 4.78 is 13.6. The van der Waals surface area contributed by atoms with Crippen LogP contribution in [0.25, 0.3) is 100 Å². The van der Waals surface area contributed by atoms with Gasteiger partial charge in [0.15, 0.2) is 17.5 Å². The van der Waals surface area contributed by atoms with Gasteiger partial charge in [-0.3, -0.25) is 0 Å². The quantitative estimate of drug-likeness (QED) is 0.159. The molecule has 8 bridgehead atoms. The minimum atomic E-state index is 0.173. The fraction of sp³-hybridized carbons (Fsp3) is 0.308. The Morgan fingerprint density at radius 1 is 0.329 bits per heavy atom. The molecule has 0 spiro atoms. The van der Waals surface area contributed by atoms with Gasteiger partial charge >= 0.3 is 0 Å². The molecule has 5 nitrogen and oxygen atoms in total. The molecule has 3 heterocycles. The summed E-state index contributed by atoms with van der Waals surface area (Å²) in [5, 5.41) is 4.27. The molecule has 0 amide bonds. The van der Waals surface area contributed by atoms with Crippen LogP contribution in [0, 0.1) is 35.5 Å². The third kappa shape index (κ3) is 6.18. The van der Waals surface area contributed by atoms with Crippen LogP contribution in [0.5, 0.6) is 0 Å². The number of aromatic nitrogens is 3. The minimum Gasteiger partial charge on any atom is -0.455 e. The van der Waals surface area contributed by atoms with Crippen LogP contribution in [0.3, 0.4) is 0 Å². The summed E-state index contributed by atoms with van der Waals surface area (Å²) in [7, 11) is 0. The molecule has 18 rings (SSSR count). The fourth-order valence-electron chi connectivity index (χ4n) is 16.6. The summed E-state index contributed by atoms with van der Waals surface area (Å²) in [4.78, 5) is 16.6. The third-order valence-corrected chi connectivity index (χ3v) is 18.8. The molecule has 8 aliphatic carbocycles. The molecule has 342 valence electrons. The van der Waals surface area contributed by atoms with Crippen molar-refractivity contribution in [3.05, 3.63) is 163 Å². The number of hydrogen-bond acceptors (Lipinski definition) is 5. The molecule has 10 aromatic rings. The van der Waals surface area contributed by atoms with Crippen LogP contribution in [-0.2, 0) is 10.8 Å². The zero-order chi connectivity index (χ0) is 45.7. The van der Waals surface area contributed by atoms with Gasteiger partial charge in [-0.05, 0) is 199 Å². The second kappa shape index (κ2) is 14.8. The fourth-order valence-corrected chi connectivity index (χ4v) is 16.6. The van der Waals surface area contributed by atoms with Crippen molar-refractivity contribution in [2.75, 3.05) is 0 Å². The summed E-state index contributed by atoms with van der Waals surface area (Å²) in [6, 6.07) is 55.6. The molecular weight excluding hydrogens is 855 g/mol. The minimum absolute atomic E-state index is 0.173. The van der Waals surface area contributed by atoms with E-state index in [4.69, 9.17) is 23.8 Å². The van der Waals surface area contributed by atoms with Gasteiger partial charge in [-0.1, -0.05) is 109 Å². The highest BCUT2D eigenvalue weighted by Crippen LogP contribution is 2.62. The van der Waals surface area contributed by atoms with Gasteiger partial charge in [0.25, 0.3) is 0 Å². The van der Waals surface area contributed by atoms with Crippen LogP contribution >= 0.6 is 0 Å². The predicted molar refractivity (Wildman–Crippen MR) is 281 cm³/mol. The second-order valence-corrected chi connectivity index (χ2v) is 23.2. The highest BCUT2D eigenvalue weighted by molar-refractivity contribution is 6.11. The van der Waals surface area contributed by atoms with E-state index in [2.05, 4.69) is 140 Å². The Labute approximate surface area is 408 Å². The van der Waals surface area contributed by atoms with E-state index in [1.807, 2.05) is 12.1 Å². The zero-order valence-corrected chi connectivity index (χ0v) is 39.5. The van der Waals surface area contributed by atoms with Crippen LogP contribution in [0.15, 0.2) is 160 Å². The average Bonchev–Trinajstić information content (AvgIpc) is 3.97. The standard InChI is InChI=1S/C65H55N3O2/c1-2-9-44(10-3-1)46-27-48(29-50(28-46)65-35-41-24-42(36-65)26-43(25-41)37-65)61-66-62(54-14-8-13-53-51-11-4-6-15-57(51)69-59(53)54)68-63(67-61)56-31-47(30-55-52-12-5-7-16-58(52)70-60(55)56)45-17-19-49(20-18-45)64-32-38-21-39(33-64)23-40(22-38)34-64/h1-20,27-31,38-43H,21-26,32-37H2. The number of para-hydroxylation sites is 3. The molecule has 8 saturated carbocycles. The lowest BCUT2D eigenvalue weighted by molar-refractivity contribution is -0.00528. The van der Waals surface area contributed by atoms with E-state index in [9.17, 15) is 0 Å². The first-order chi connectivity index (χ1) is 34.4. The number of hydrogen-bond donors (Lipinski definition) is 0. The Morgan fingerprint density at radius 2 is 0.800 bits per heavy atom. The number of benzene rings is 7. The van der Waals surface area contributed by atoms with Gasteiger partial charge < -0.3 is 8.83 Å². The first-order valence-corrected chi connectivity index (χ1v) is 26.4. The van der Waals surface area contributed by atoms with E-state index in [1.165, 1.54) is 99.3 Å². The zero-order valence-electron chi connectivity index (χ0n) is 39.5. The molecule has 0 saturated heterocycles. The number of rotatable bonds is 7. The van der Waals surface area contributed by atoms with E-state index >= 15 is 0 Å². The van der Waals surface area contributed by atoms with E-state index in [-0.39, 0.29) is 5.41 Å². The Hall–Kier alpha value is -6.85. The SMILES string of the molecule is c1ccc(-c2cc(-c3nc(-c4cccc5c4oc4ccccc45)nc(-c4cc(-c5ccc(C67CC8CC(CC(C8)C6)C7)cc5)cc5c4oc4ccccc45)n3)cc(C34CC5CC(CC(C5)C3)C4)c2)cc1. The van der Waals surface area contributed by atoms with Gasteiger partial charge in [-0.15, -0.1) is 0 Å². The van der Waals surface area contributed by atoms with Crippen molar-refractivity contribution in [1.29, 1.82) is 0 Å². The maximum absolute atomic E-state index is 6.90. The van der Waals surface area contributed by atoms with Crippen molar-refractivity contribution >= 4 is 43.9 Å². The summed E-state index contributed by atoms with van der Waals surface area (Å²) >= 11 is 0. The lowest BCUT2D eigenvalue weighted by atomic mass is 9.48. The molecule has 0 radical (unpaired) electrons. The Kier molecular flexibility index (Phi) is 8.47. The van der Waals surface area contributed by atoms with E-state index in [0.29, 0.717) is 22.9 Å². The van der Waals surface area contributed by atoms with Crippen LogP contribution in [0.1, 0.15) is 88.2 Å². The Morgan fingerprint density at radius 3 is 1.43 bits per heavy atom. The van der Waals surface area contributed by atoms with Crippen molar-refractivity contribution in [1.82, 2.24) is 15.0 Å². The van der Waals surface area contributed by atoms with Crippen molar-refractivity contribution in [2.45, 2.75) is 87.9 Å². The summed E-state index contributed by atoms with van der Waals surface area (Å²) in [5.74, 6) is 7.01. The molecule has 3 aromatic heterocycles. The lowest BCUT2D eigenvalue weighted by Gasteiger charge is -2.57. The second-order valence-electron chi connectivity index (χ2n) is 23.2. The molecule has 0 aliphatic heterocycles. The first kappa shape index (κ1) is 39.9. The van der Waals surface area contributed by atoms with Crippen LogP contribution < -0.4 is 0 Å². The largest absolute Gasteiger partial charge is 0.455 e. The predicted octanol–water partition coefficient (Wildman–Crippen LogP) is 16.9. The monoisotopic (exact) mass is 909 g/mol. The van der Waals surface area contributed by atoms with Gasteiger partial charge in [0.2, 0.25) is 0 Å². The molecular formula is C65H55N3O2. The Balaban J connectivity index is 0.915. The van der Waals surface area contributed by atoms with Crippen molar-refractivity contribution in [2.24, 2.45) is 35.5 Å². The maximum Gasteiger partial charge on any atom is 0.167 e. The number of fused-ring (bicyclic) bond motifs is 6. The number of furan rings is 2. The molecule has 8 fully saturated rings. The van der Waals surface area contributed by atoms with Crippen molar-refractivity contribution in [3.63, 3.8) is 0 Å². The molecule has 8 aliphatic rings. The maximum atomic E-state index is 6.90. The van der Waals surface area contributed by atoms with Gasteiger partial charge in [0, 0.05) is 27.1 Å². The molecule has 5 heteroatoms. The van der Waals surface area contributed by atoms with E-state index in [0.717, 1.165) is 102 Å². The van der Waals surface area contributed by atoms with Crippen molar-refractivity contribution in [3.8, 4) is 56.4 Å². The van der Waals surface area contributed by atoms with Crippen LogP contribution in [-0.4, -0.2) is 15.0 Å². The summed E-state index contributed by atoms with van der Waals surface area (Å²) in [6.45, 7) is 0. The lowest BCUT2D eigenvalue weighted by Crippen LogP contribution is -2.48. The molecule has 0 unspecified atom stereocenters. The first-order valence-electron chi connectivity index (χ1n) is 26.4. The van der Waals surface area contributed by atoms with E-state index < -0.39 is 0 Å². The smallest absolute Gasteiger partial charge is 0.167 e. The highest BCUT2D eigenvalue weighted by atomic mass is 16.3. The highest BCUT2D eigenvalue weighted by Gasteiger charge is 2.53. The van der Waals surface area contributed by atoms with Crippen molar-refractivity contribution < 1.29 is 8.83 Å². The van der Waals surface area contributed by atoms with Crippen LogP contribution in [0.2, 0.25) is 0 Å². The molecule has 70 heavy (non-hydrogen) atoms.